The van der Waals surface area contributed by atoms with Gasteiger partial charge in [-0.3, -0.25) is 15.5 Å². The number of methoxy groups -OCH3 is 1. The summed E-state index contributed by atoms with van der Waals surface area (Å²) < 4.78 is 5.23. The topological polar surface area (TPSA) is 88.2 Å². The van der Waals surface area contributed by atoms with Gasteiger partial charge in [-0.1, -0.05) is 35.9 Å². The van der Waals surface area contributed by atoms with Crippen molar-refractivity contribution < 1.29 is 9.53 Å². The van der Waals surface area contributed by atoms with Crippen LogP contribution in [0.2, 0.25) is 5.02 Å². The van der Waals surface area contributed by atoms with Gasteiger partial charge < -0.3 is 10.5 Å². The van der Waals surface area contributed by atoms with Gasteiger partial charge in [-0.25, -0.2) is 0 Å². The van der Waals surface area contributed by atoms with E-state index in [1.165, 1.54) is 0 Å². The van der Waals surface area contributed by atoms with Crippen molar-refractivity contribution in [2.24, 2.45) is 5.73 Å². The molecular formula is C17H18ClN3O2. The van der Waals surface area contributed by atoms with E-state index in [1.54, 1.807) is 7.11 Å². The summed E-state index contributed by atoms with van der Waals surface area (Å²) in [7, 11) is 1.60. The van der Waals surface area contributed by atoms with Crippen molar-refractivity contribution in [1.82, 2.24) is 5.32 Å². The van der Waals surface area contributed by atoms with E-state index in [9.17, 15) is 4.79 Å². The Morgan fingerprint density at radius 2 is 2.09 bits per heavy atom. The zero-order valence-corrected chi connectivity index (χ0v) is 13.7. The van der Waals surface area contributed by atoms with Crippen LogP contribution in [0.5, 0.6) is 5.75 Å². The van der Waals surface area contributed by atoms with E-state index in [1.807, 2.05) is 43.3 Å². The van der Waals surface area contributed by atoms with E-state index in [-0.39, 0.29) is 18.3 Å². The van der Waals surface area contributed by atoms with Crippen LogP contribution in [0, 0.1) is 12.3 Å². The summed E-state index contributed by atoms with van der Waals surface area (Å²) in [5, 5.41) is 9.90. The first kappa shape index (κ1) is 16.8. The molecule has 2 aromatic carbocycles. The number of benzene rings is 2. The number of halogens is 1. The fraction of sp³-hybridized carbons (Fsp3) is 0.176. The molecule has 0 radical (unpaired) electrons. The van der Waals surface area contributed by atoms with Gasteiger partial charge >= 0.3 is 0 Å². The minimum atomic E-state index is -0.382. The molecule has 0 aliphatic carbocycles. The molecule has 2 aromatic rings. The number of hydrogen-bond acceptors (Lipinski definition) is 3. The number of ether oxygens (including phenoxy) is 1. The molecule has 0 atom stereocenters. The van der Waals surface area contributed by atoms with Gasteiger partial charge in [0.25, 0.3) is 0 Å². The Kier molecular flexibility index (Phi) is 5.24. The zero-order valence-electron chi connectivity index (χ0n) is 12.9. The fourth-order valence-corrected chi connectivity index (χ4v) is 2.69. The molecule has 0 unspecified atom stereocenters. The first-order valence-corrected chi connectivity index (χ1v) is 7.36. The number of carbonyl (C=O) groups excluding carboxylic acids is 1. The van der Waals surface area contributed by atoms with E-state index in [2.05, 4.69) is 5.32 Å². The third-order valence-electron chi connectivity index (χ3n) is 3.47. The average molecular weight is 332 g/mol. The lowest BCUT2D eigenvalue weighted by molar-refractivity contribution is -0.119. The number of carbonyl (C=O) groups is 1. The first-order chi connectivity index (χ1) is 10.9. The quantitative estimate of drug-likeness (QED) is 0.594. The highest BCUT2D eigenvalue weighted by Gasteiger charge is 2.15. The molecule has 23 heavy (non-hydrogen) atoms. The Labute approximate surface area is 139 Å². The van der Waals surface area contributed by atoms with Crippen molar-refractivity contribution in [2.45, 2.75) is 13.3 Å². The van der Waals surface area contributed by atoms with Crippen molar-refractivity contribution in [3.8, 4) is 16.9 Å². The standard InChI is InChI=1S/C17H18ClN3O2/c1-10-6-7-13(11-4-3-5-12(8-11)23-2)16(18)14(10)9-15(22)21-17(19)20/h3-8H,9H2,1-2H3,(H4,19,20,21,22). The lowest BCUT2D eigenvalue weighted by atomic mass is 9.97. The lowest BCUT2D eigenvalue weighted by Crippen LogP contribution is -2.36. The summed E-state index contributed by atoms with van der Waals surface area (Å²) in [6, 6.07) is 11.4. The van der Waals surface area contributed by atoms with Gasteiger partial charge in [0.1, 0.15) is 5.75 Å². The molecule has 1 amide bonds. The Hall–Kier alpha value is -2.53. The smallest absolute Gasteiger partial charge is 0.231 e. The van der Waals surface area contributed by atoms with Crippen LogP contribution in [-0.4, -0.2) is 19.0 Å². The number of nitrogens with one attached hydrogen (secondary N) is 2. The molecule has 0 fully saturated rings. The van der Waals surface area contributed by atoms with Crippen molar-refractivity contribution in [3.63, 3.8) is 0 Å². The zero-order chi connectivity index (χ0) is 17.0. The summed E-state index contributed by atoms with van der Waals surface area (Å²) in [5.74, 6) is -0.0203. The molecule has 6 heteroatoms. The highest BCUT2D eigenvalue weighted by molar-refractivity contribution is 6.34. The average Bonchev–Trinajstić information content (AvgIpc) is 2.51. The first-order valence-electron chi connectivity index (χ1n) is 6.98. The summed E-state index contributed by atoms with van der Waals surface area (Å²) in [4.78, 5) is 11.9. The SMILES string of the molecule is COc1cccc(-c2ccc(C)c(CC(=O)NC(=N)N)c2Cl)c1. The normalized spacial score (nSPS) is 10.2. The van der Waals surface area contributed by atoms with E-state index in [0.717, 1.165) is 22.4 Å². The molecule has 0 heterocycles. The number of amides is 1. The van der Waals surface area contributed by atoms with Crippen LogP contribution < -0.4 is 15.8 Å². The maximum absolute atomic E-state index is 11.9. The second kappa shape index (κ2) is 7.15. The molecule has 0 aromatic heterocycles. The maximum atomic E-state index is 11.9. The van der Waals surface area contributed by atoms with Crippen molar-refractivity contribution in [2.75, 3.05) is 7.11 Å². The van der Waals surface area contributed by atoms with Crippen LogP contribution in [0.4, 0.5) is 0 Å². The van der Waals surface area contributed by atoms with E-state index >= 15 is 0 Å². The molecule has 2 rings (SSSR count). The number of aryl methyl sites for hydroxylation is 1. The van der Waals surface area contributed by atoms with E-state index in [4.69, 9.17) is 27.5 Å². The molecule has 0 bridgehead atoms. The van der Waals surface area contributed by atoms with Crippen molar-refractivity contribution >= 4 is 23.5 Å². The van der Waals surface area contributed by atoms with Gasteiger partial charge in [-0.05, 0) is 35.7 Å². The third-order valence-corrected chi connectivity index (χ3v) is 3.90. The van der Waals surface area contributed by atoms with Gasteiger partial charge in [0.05, 0.1) is 18.6 Å². The fourth-order valence-electron chi connectivity index (χ4n) is 2.30. The number of rotatable bonds is 4. The maximum Gasteiger partial charge on any atom is 0.231 e. The summed E-state index contributed by atoms with van der Waals surface area (Å²) in [6.45, 7) is 1.89. The van der Waals surface area contributed by atoms with Crippen LogP contribution in [0.3, 0.4) is 0 Å². The highest BCUT2D eigenvalue weighted by atomic mass is 35.5. The van der Waals surface area contributed by atoms with Crippen LogP contribution in [0.15, 0.2) is 36.4 Å². The van der Waals surface area contributed by atoms with Crippen molar-refractivity contribution in [1.29, 1.82) is 5.41 Å². The number of nitrogens with two attached hydrogens (primary N) is 1. The van der Waals surface area contributed by atoms with E-state index < -0.39 is 0 Å². The monoisotopic (exact) mass is 331 g/mol. The predicted molar refractivity (Wildman–Crippen MR) is 91.9 cm³/mol. The van der Waals surface area contributed by atoms with Crippen molar-refractivity contribution in [3.05, 3.63) is 52.5 Å². The Bertz CT molecular complexity index is 759. The molecule has 120 valence electrons. The molecule has 0 aliphatic heterocycles. The summed E-state index contributed by atoms with van der Waals surface area (Å²) in [5.41, 5.74) is 8.52. The van der Waals surface area contributed by atoms with E-state index in [0.29, 0.717) is 10.6 Å². The van der Waals surface area contributed by atoms with Crippen LogP contribution in [0.1, 0.15) is 11.1 Å². The Morgan fingerprint density at radius 1 is 1.35 bits per heavy atom. The van der Waals surface area contributed by atoms with Gasteiger partial charge in [0.2, 0.25) is 5.91 Å². The summed E-state index contributed by atoms with van der Waals surface area (Å²) >= 11 is 6.52. The minimum Gasteiger partial charge on any atom is -0.497 e. The molecular weight excluding hydrogens is 314 g/mol. The molecule has 0 saturated carbocycles. The molecule has 4 N–H and O–H groups in total. The second-order valence-corrected chi connectivity index (χ2v) is 5.47. The molecule has 0 aliphatic rings. The third kappa shape index (κ3) is 4.02. The molecule has 0 spiro atoms. The largest absolute Gasteiger partial charge is 0.497 e. The van der Waals surface area contributed by atoms with Crippen LogP contribution in [-0.2, 0) is 11.2 Å². The van der Waals surface area contributed by atoms with Gasteiger partial charge in [0, 0.05) is 5.56 Å². The number of guanidine groups is 1. The van der Waals surface area contributed by atoms with Gasteiger partial charge in [-0.2, -0.15) is 0 Å². The molecule has 5 nitrogen and oxygen atoms in total. The van der Waals surface area contributed by atoms with Crippen LogP contribution in [0.25, 0.3) is 11.1 Å². The summed E-state index contributed by atoms with van der Waals surface area (Å²) in [6.07, 6.45) is 0.0576. The Morgan fingerprint density at radius 3 is 2.74 bits per heavy atom. The predicted octanol–water partition coefficient (Wildman–Crippen LogP) is 2.88. The Balaban J connectivity index is 2.41. The van der Waals surface area contributed by atoms with Gasteiger partial charge in [0.15, 0.2) is 5.96 Å². The number of hydrogen-bond donors (Lipinski definition) is 3. The van der Waals surface area contributed by atoms with Gasteiger partial charge in [-0.15, -0.1) is 0 Å². The lowest BCUT2D eigenvalue weighted by Gasteiger charge is -2.13. The minimum absolute atomic E-state index is 0.0576. The molecule has 0 saturated heterocycles. The van der Waals surface area contributed by atoms with Crippen LogP contribution >= 0.6 is 11.6 Å². The second-order valence-electron chi connectivity index (χ2n) is 5.09. The highest BCUT2D eigenvalue weighted by Crippen LogP contribution is 2.34.